The van der Waals surface area contributed by atoms with Crippen molar-refractivity contribution in [2.45, 2.75) is 25.5 Å². The van der Waals surface area contributed by atoms with Crippen molar-refractivity contribution in [1.82, 2.24) is 10.2 Å². The van der Waals surface area contributed by atoms with Gasteiger partial charge in [0.1, 0.15) is 0 Å². The number of likely N-dealkylation sites (N-methyl/N-ethyl adjacent to an activating group) is 1. The van der Waals surface area contributed by atoms with Crippen LogP contribution in [0.15, 0.2) is 0 Å². The summed E-state index contributed by atoms with van der Waals surface area (Å²) in [5, 5.41) is 12.0. The summed E-state index contributed by atoms with van der Waals surface area (Å²) in [5.41, 5.74) is 0. The highest BCUT2D eigenvalue weighted by Crippen LogP contribution is 2.07. The number of carbonyl (C=O) groups excluding carboxylic acids is 1. The van der Waals surface area contributed by atoms with Gasteiger partial charge in [-0.1, -0.05) is 0 Å². The lowest BCUT2D eigenvalue weighted by Crippen LogP contribution is -2.40. The zero-order chi connectivity index (χ0) is 9.14. The van der Waals surface area contributed by atoms with Gasteiger partial charge in [0.2, 0.25) is 5.91 Å². The lowest BCUT2D eigenvalue weighted by Gasteiger charge is -2.12. The monoisotopic (exact) mass is 172 g/mol. The molecule has 0 radical (unpaired) electrons. The van der Waals surface area contributed by atoms with Crippen molar-refractivity contribution in [1.29, 1.82) is 0 Å². The molecular weight excluding hydrogens is 156 g/mol. The van der Waals surface area contributed by atoms with E-state index in [4.69, 9.17) is 5.11 Å². The van der Waals surface area contributed by atoms with Gasteiger partial charge in [-0.15, -0.1) is 0 Å². The van der Waals surface area contributed by atoms with Gasteiger partial charge < -0.3 is 15.3 Å². The van der Waals surface area contributed by atoms with Gasteiger partial charge in [-0.05, 0) is 13.3 Å². The number of aliphatic hydroxyl groups is 1. The van der Waals surface area contributed by atoms with Crippen molar-refractivity contribution in [3.05, 3.63) is 0 Å². The van der Waals surface area contributed by atoms with Crippen LogP contribution in [0.1, 0.15) is 13.3 Å². The lowest BCUT2D eigenvalue weighted by atomic mass is 10.2. The first-order valence-corrected chi connectivity index (χ1v) is 4.27. The summed E-state index contributed by atoms with van der Waals surface area (Å²) in [5.74, 6) is 0.135. The number of aliphatic hydroxyl groups excluding tert-OH is 1. The minimum absolute atomic E-state index is 0.0791. The SMILES string of the molecule is CC(O)CNC1CCN(C)C1=O. The topological polar surface area (TPSA) is 52.6 Å². The third-order valence-corrected chi connectivity index (χ3v) is 2.09. The Morgan fingerprint density at radius 2 is 2.50 bits per heavy atom. The molecule has 2 N–H and O–H groups in total. The first-order valence-electron chi connectivity index (χ1n) is 4.27. The average Bonchev–Trinajstić information content (AvgIpc) is 2.30. The number of amides is 1. The molecule has 1 amide bonds. The molecule has 1 heterocycles. The summed E-state index contributed by atoms with van der Waals surface area (Å²) < 4.78 is 0. The predicted octanol–water partition coefficient (Wildman–Crippen LogP) is -0.812. The van der Waals surface area contributed by atoms with Crippen LogP contribution in [-0.4, -0.2) is 48.2 Å². The Balaban J connectivity index is 2.30. The highest BCUT2D eigenvalue weighted by atomic mass is 16.3. The molecule has 4 heteroatoms. The number of rotatable bonds is 3. The summed E-state index contributed by atoms with van der Waals surface area (Å²) in [4.78, 5) is 13.0. The predicted molar refractivity (Wildman–Crippen MR) is 45.7 cm³/mol. The molecule has 2 atom stereocenters. The second-order valence-corrected chi connectivity index (χ2v) is 3.36. The summed E-state index contributed by atoms with van der Waals surface area (Å²) in [6, 6.07) is -0.0791. The van der Waals surface area contributed by atoms with Gasteiger partial charge in [0.15, 0.2) is 0 Å². The Bertz CT molecular complexity index is 170. The number of carbonyl (C=O) groups is 1. The average molecular weight is 172 g/mol. The zero-order valence-corrected chi connectivity index (χ0v) is 7.58. The summed E-state index contributed by atoms with van der Waals surface area (Å²) >= 11 is 0. The number of hydrogen-bond acceptors (Lipinski definition) is 3. The summed E-state index contributed by atoms with van der Waals surface area (Å²) in [7, 11) is 1.80. The van der Waals surface area contributed by atoms with E-state index < -0.39 is 0 Å². The van der Waals surface area contributed by atoms with Crippen LogP contribution in [0.5, 0.6) is 0 Å². The highest BCUT2D eigenvalue weighted by molar-refractivity contribution is 5.83. The Kier molecular flexibility index (Phi) is 3.05. The van der Waals surface area contributed by atoms with Gasteiger partial charge in [-0.2, -0.15) is 0 Å². The number of nitrogens with one attached hydrogen (secondary N) is 1. The van der Waals surface area contributed by atoms with E-state index in [1.807, 2.05) is 0 Å². The van der Waals surface area contributed by atoms with Crippen molar-refractivity contribution < 1.29 is 9.90 Å². The summed E-state index contributed by atoms with van der Waals surface area (Å²) in [6.45, 7) is 3.01. The van der Waals surface area contributed by atoms with Crippen LogP contribution in [0.2, 0.25) is 0 Å². The van der Waals surface area contributed by atoms with Crippen molar-refractivity contribution in [3.63, 3.8) is 0 Å². The second kappa shape index (κ2) is 3.87. The van der Waals surface area contributed by atoms with E-state index in [0.29, 0.717) is 6.54 Å². The van der Waals surface area contributed by atoms with Gasteiger partial charge in [0, 0.05) is 20.1 Å². The van der Waals surface area contributed by atoms with E-state index in [9.17, 15) is 4.79 Å². The molecule has 1 rings (SSSR count). The smallest absolute Gasteiger partial charge is 0.239 e. The Morgan fingerprint density at radius 1 is 1.83 bits per heavy atom. The molecule has 1 saturated heterocycles. The van der Waals surface area contributed by atoms with E-state index in [-0.39, 0.29) is 18.1 Å². The molecule has 0 aromatic heterocycles. The fourth-order valence-corrected chi connectivity index (χ4v) is 1.32. The molecule has 1 aliphatic heterocycles. The zero-order valence-electron chi connectivity index (χ0n) is 7.58. The van der Waals surface area contributed by atoms with E-state index in [2.05, 4.69) is 5.32 Å². The van der Waals surface area contributed by atoms with Crippen LogP contribution in [-0.2, 0) is 4.79 Å². The molecule has 0 bridgehead atoms. The first-order chi connectivity index (χ1) is 5.61. The van der Waals surface area contributed by atoms with Crippen molar-refractivity contribution >= 4 is 5.91 Å². The molecule has 0 spiro atoms. The van der Waals surface area contributed by atoms with Gasteiger partial charge >= 0.3 is 0 Å². The van der Waals surface area contributed by atoms with Crippen LogP contribution < -0.4 is 5.32 Å². The maximum Gasteiger partial charge on any atom is 0.239 e. The molecule has 0 aromatic rings. The fraction of sp³-hybridized carbons (Fsp3) is 0.875. The quantitative estimate of drug-likeness (QED) is 0.585. The number of likely N-dealkylation sites (tertiary alicyclic amines) is 1. The third kappa shape index (κ3) is 2.19. The van der Waals surface area contributed by atoms with E-state index in [1.54, 1.807) is 18.9 Å². The van der Waals surface area contributed by atoms with Crippen molar-refractivity contribution in [3.8, 4) is 0 Å². The van der Waals surface area contributed by atoms with Crippen LogP contribution in [0.4, 0.5) is 0 Å². The maximum absolute atomic E-state index is 11.3. The highest BCUT2D eigenvalue weighted by Gasteiger charge is 2.28. The van der Waals surface area contributed by atoms with Gasteiger partial charge in [-0.25, -0.2) is 0 Å². The molecule has 1 fully saturated rings. The van der Waals surface area contributed by atoms with Crippen LogP contribution in [0.3, 0.4) is 0 Å². The van der Waals surface area contributed by atoms with Crippen LogP contribution >= 0.6 is 0 Å². The van der Waals surface area contributed by atoms with E-state index >= 15 is 0 Å². The maximum atomic E-state index is 11.3. The van der Waals surface area contributed by atoms with E-state index in [0.717, 1.165) is 13.0 Å². The molecule has 12 heavy (non-hydrogen) atoms. The minimum Gasteiger partial charge on any atom is -0.392 e. The molecule has 0 saturated carbocycles. The van der Waals surface area contributed by atoms with Crippen LogP contribution in [0, 0.1) is 0 Å². The van der Waals surface area contributed by atoms with Crippen LogP contribution in [0.25, 0.3) is 0 Å². The molecule has 0 aromatic carbocycles. The van der Waals surface area contributed by atoms with Gasteiger partial charge in [0.05, 0.1) is 12.1 Å². The molecule has 4 nitrogen and oxygen atoms in total. The Labute approximate surface area is 72.6 Å². The summed E-state index contributed by atoms with van der Waals surface area (Å²) in [6.07, 6.45) is 0.464. The molecule has 1 aliphatic rings. The molecule has 0 aliphatic carbocycles. The molecular formula is C8H16N2O2. The molecule has 2 unspecified atom stereocenters. The lowest BCUT2D eigenvalue weighted by molar-refractivity contribution is -0.128. The Morgan fingerprint density at radius 3 is 2.92 bits per heavy atom. The Hall–Kier alpha value is -0.610. The fourth-order valence-electron chi connectivity index (χ4n) is 1.32. The minimum atomic E-state index is -0.385. The number of hydrogen-bond donors (Lipinski definition) is 2. The number of nitrogens with zero attached hydrogens (tertiary/aromatic N) is 1. The normalized spacial score (nSPS) is 26.4. The van der Waals surface area contributed by atoms with Crippen molar-refractivity contribution in [2.24, 2.45) is 0 Å². The van der Waals surface area contributed by atoms with Gasteiger partial charge in [-0.3, -0.25) is 4.79 Å². The largest absolute Gasteiger partial charge is 0.392 e. The van der Waals surface area contributed by atoms with E-state index in [1.165, 1.54) is 0 Å². The van der Waals surface area contributed by atoms with Gasteiger partial charge in [0.25, 0.3) is 0 Å². The first kappa shape index (κ1) is 9.48. The second-order valence-electron chi connectivity index (χ2n) is 3.36. The van der Waals surface area contributed by atoms with Crippen molar-refractivity contribution in [2.75, 3.05) is 20.1 Å². The third-order valence-electron chi connectivity index (χ3n) is 2.09. The molecule has 70 valence electrons. The standard InChI is InChI=1S/C8H16N2O2/c1-6(11)5-9-7-3-4-10(2)8(7)12/h6-7,9,11H,3-5H2,1-2H3.